The van der Waals surface area contributed by atoms with E-state index in [1.54, 1.807) is 0 Å². The lowest BCUT2D eigenvalue weighted by molar-refractivity contribution is -0.139. The second-order valence-corrected chi connectivity index (χ2v) is 5.42. The Labute approximate surface area is 128 Å². The van der Waals surface area contributed by atoms with Gasteiger partial charge in [0.25, 0.3) is 0 Å². The zero-order valence-electron chi connectivity index (χ0n) is 12.8. The maximum absolute atomic E-state index is 11.9. The van der Waals surface area contributed by atoms with Gasteiger partial charge in [0.1, 0.15) is 12.1 Å². The van der Waals surface area contributed by atoms with E-state index in [2.05, 4.69) is 10.6 Å². The maximum Gasteiger partial charge on any atom is 0.320 e. The van der Waals surface area contributed by atoms with E-state index in [1.807, 2.05) is 13.8 Å². The summed E-state index contributed by atoms with van der Waals surface area (Å²) in [6, 6.07) is -1.94. The van der Waals surface area contributed by atoms with Gasteiger partial charge in [0, 0.05) is 6.42 Å². The Morgan fingerprint density at radius 2 is 1.77 bits per heavy atom. The summed E-state index contributed by atoms with van der Waals surface area (Å²) in [7, 11) is 0. The number of nitrogens with two attached hydrogens (primary N) is 2. The number of hydrogen-bond acceptors (Lipinski definition) is 5. The van der Waals surface area contributed by atoms with Crippen LogP contribution in [0.25, 0.3) is 0 Å². The summed E-state index contributed by atoms with van der Waals surface area (Å²) in [4.78, 5) is 44.9. The lowest BCUT2D eigenvalue weighted by Crippen LogP contribution is -2.49. The van der Waals surface area contributed by atoms with E-state index in [0.29, 0.717) is 6.42 Å². The zero-order valence-corrected chi connectivity index (χ0v) is 12.8. The van der Waals surface area contributed by atoms with Crippen LogP contribution in [0.5, 0.6) is 0 Å². The van der Waals surface area contributed by atoms with Gasteiger partial charge < -0.3 is 27.2 Å². The molecule has 0 aromatic carbocycles. The fraction of sp³-hybridized carbons (Fsp3) is 0.692. The number of hydrogen-bond donors (Lipinski definition) is 5. The van der Waals surface area contributed by atoms with Crippen LogP contribution in [0.15, 0.2) is 0 Å². The molecule has 0 aromatic rings. The molecule has 0 saturated carbocycles. The number of aliphatic carboxylic acids is 1. The average Bonchev–Trinajstić information content (AvgIpc) is 2.40. The van der Waals surface area contributed by atoms with Crippen LogP contribution in [0.4, 0.5) is 0 Å². The summed E-state index contributed by atoms with van der Waals surface area (Å²) in [5.74, 6) is -2.73. The predicted molar refractivity (Wildman–Crippen MR) is 78.4 cm³/mol. The Hall–Kier alpha value is -2.16. The first-order valence-corrected chi connectivity index (χ1v) is 6.97. The molecule has 126 valence electrons. The van der Waals surface area contributed by atoms with Crippen LogP contribution in [-0.2, 0) is 19.2 Å². The van der Waals surface area contributed by atoms with Crippen LogP contribution in [0.1, 0.15) is 33.1 Å². The molecule has 0 rings (SSSR count). The first-order chi connectivity index (χ1) is 10.1. The van der Waals surface area contributed by atoms with Crippen molar-refractivity contribution in [2.75, 3.05) is 6.54 Å². The number of carboxylic acids is 1. The van der Waals surface area contributed by atoms with Crippen molar-refractivity contribution in [3.05, 3.63) is 0 Å². The minimum absolute atomic E-state index is 0.0293. The molecule has 0 unspecified atom stereocenters. The Morgan fingerprint density at radius 3 is 2.23 bits per heavy atom. The molecule has 0 saturated heterocycles. The molecule has 0 spiro atoms. The van der Waals surface area contributed by atoms with Gasteiger partial charge in [0.05, 0.1) is 6.54 Å². The molecule has 0 bridgehead atoms. The molecule has 9 nitrogen and oxygen atoms in total. The van der Waals surface area contributed by atoms with Crippen molar-refractivity contribution >= 4 is 23.7 Å². The number of carbonyl (C=O) groups excluding carboxylic acids is 3. The molecular weight excluding hydrogens is 292 g/mol. The Kier molecular flexibility index (Phi) is 8.76. The third-order valence-corrected chi connectivity index (χ3v) is 2.80. The van der Waals surface area contributed by atoms with Crippen LogP contribution in [0.2, 0.25) is 0 Å². The van der Waals surface area contributed by atoms with Crippen molar-refractivity contribution in [2.45, 2.75) is 45.2 Å². The molecule has 22 heavy (non-hydrogen) atoms. The molecule has 3 amide bonds. The largest absolute Gasteiger partial charge is 0.480 e. The third kappa shape index (κ3) is 8.90. The van der Waals surface area contributed by atoms with Gasteiger partial charge >= 0.3 is 5.97 Å². The molecule has 0 heterocycles. The van der Waals surface area contributed by atoms with Gasteiger partial charge in [0.15, 0.2) is 0 Å². The lowest BCUT2D eigenvalue weighted by atomic mass is 10.0. The topological polar surface area (TPSA) is 165 Å². The first kappa shape index (κ1) is 19.8. The number of primary amides is 1. The van der Waals surface area contributed by atoms with Crippen LogP contribution >= 0.6 is 0 Å². The van der Waals surface area contributed by atoms with Crippen molar-refractivity contribution in [1.29, 1.82) is 0 Å². The average molecular weight is 316 g/mol. The van der Waals surface area contributed by atoms with Crippen molar-refractivity contribution in [2.24, 2.45) is 17.4 Å². The molecule has 0 aromatic heterocycles. The van der Waals surface area contributed by atoms with Crippen molar-refractivity contribution in [3.8, 4) is 0 Å². The summed E-state index contributed by atoms with van der Waals surface area (Å²) in [5.41, 5.74) is 10.2. The van der Waals surface area contributed by atoms with E-state index in [0.717, 1.165) is 0 Å². The molecule has 0 fully saturated rings. The number of nitrogens with one attached hydrogen (secondary N) is 2. The van der Waals surface area contributed by atoms with E-state index in [4.69, 9.17) is 16.6 Å². The first-order valence-electron chi connectivity index (χ1n) is 6.97. The molecule has 2 atom stereocenters. The highest BCUT2D eigenvalue weighted by Gasteiger charge is 2.22. The second kappa shape index (κ2) is 9.72. The molecule has 9 heteroatoms. The number of carboxylic acid groups (broad SMARTS) is 1. The molecule has 0 aliphatic heterocycles. The fourth-order valence-corrected chi connectivity index (χ4v) is 1.68. The SMILES string of the molecule is CC(C)C[C@H](NC(=O)CC[C@H](N)C(=O)O)C(=O)NCC(N)=O. The quantitative estimate of drug-likeness (QED) is 0.322. The van der Waals surface area contributed by atoms with Gasteiger partial charge in [-0.2, -0.15) is 0 Å². The van der Waals surface area contributed by atoms with Crippen LogP contribution < -0.4 is 22.1 Å². The van der Waals surface area contributed by atoms with E-state index in [-0.39, 0.29) is 25.3 Å². The second-order valence-electron chi connectivity index (χ2n) is 5.42. The highest BCUT2D eigenvalue weighted by molar-refractivity contribution is 5.90. The summed E-state index contributed by atoms with van der Waals surface area (Å²) in [6.07, 6.45) is 0.241. The van der Waals surface area contributed by atoms with Gasteiger partial charge in [-0.15, -0.1) is 0 Å². The molecule has 0 radical (unpaired) electrons. The van der Waals surface area contributed by atoms with Gasteiger partial charge in [0.2, 0.25) is 17.7 Å². The highest BCUT2D eigenvalue weighted by atomic mass is 16.4. The highest BCUT2D eigenvalue weighted by Crippen LogP contribution is 2.06. The van der Waals surface area contributed by atoms with Crippen molar-refractivity contribution in [1.82, 2.24) is 10.6 Å². The minimum atomic E-state index is -1.19. The summed E-state index contributed by atoms with van der Waals surface area (Å²) in [6.45, 7) is 3.44. The van der Waals surface area contributed by atoms with Crippen molar-refractivity contribution < 1.29 is 24.3 Å². The Morgan fingerprint density at radius 1 is 1.18 bits per heavy atom. The van der Waals surface area contributed by atoms with Crippen molar-refractivity contribution in [3.63, 3.8) is 0 Å². The fourth-order valence-electron chi connectivity index (χ4n) is 1.68. The van der Waals surface area contributed by atoms with Crippen LogP contribution in [0, 0.1) is 5.92 Å². The zero-order chi connectivity index (χ0) is 17.3. The van der Waals surface area contributed by atoms with Gasteiger partial charge in [-0.25, -0.2) is 0 Å². The summed E-state index contributed by atoms with van der Waals surface area (Å²) < 4.78 is 0. The Bertz CT molecular complexity index is 425. The third-order valence-electron chi connectivity index (χ3n) is 2.80. The van der Waals surface area contributed by atoms with E-state index in [9.17, 15) is 19.2 Å². The molecule has 0 aliphatic carbocycles. The molecule has 0 aliphatic rings. The molecular formula is C13H24N4O5. The number of rotatable bonds is 10. The number of amides is 3. The Balaban J connectivity index is 4.50. The van der Waals surface area contributed by atoms with Crippen LogP contribution in [0.3, 0.4) is 0 Å². The maximum atomic E-state index is 11.9. The monoisotopic (exact) mass is 316 g/mol. The molecule has 7 N–H and O–H groups in total. The van der Waals surface area contributed by atoms with E-state index >= 15 is 0 Å². The van der Waals surface area contributed by atoms with E-state index < -0.39 is 35.8 Å². The summed E-state index contributed by atoms with van der Waals surface area (Å²) >= 11 is 0. The lowest BCUT2D eigenvalue weighted by Gasteiger charge is -2.20. The predicted octanol–water partition coefficient (Wildman–Crippen LogP) is -1.69. The van der Waals surface area contributed by atoms with Gasteiger partial charge in [-0.1, -0.05) is 13.8 Å². The number of carbonyl (C=O) groups is 4. The standard InChI is InChI=1S/C13H24N4O5/c1-7(2)5-9(12(20)16-6-10(15)18)17-11(19)4-3-8(14)13(21)22/h7-9H,3-6,14H2,1-2H3,(H2,15,18)(H,16,20)(H,17,19)(H,21,22)/t8-,9-/m0/s1. The normalized spacial score (nSPS) is 13.3. The van der Waals surface area contributed by atoms with E-state index in [1.165, 1.54) is 0 Å². The smallest absolute Gasteiger partial charge is 0.320 e. The van der Waals surface area contributed by atoms with Crippen LogP contribution in [-0.4, -0.2) is 47.4 Å². The van der Waals surface area contributed by atoms with Gasteiger partial charge in [-0.05, 0) is 18.8 Å². The minimum Gasteiger partial charge on any atom is -0.480 e. The summed E-state index contributed by atoms with van der Waals surface area (Å²) in [5, 5.41) is 13.5. The van der Waals surface area contributed by atoms with Gasteiger partial charge in [-0.3, -0.25) is 19.2 Å².